The molecule has 0 unspecified atom stereocenters. The molecule has 158 valence electrons. The summed E-state index contributed by atoms with van der Waals surface area (Å²) in [4.78, 5) is 0. The molecule has 0 aliphatic carbocycles. The van der Waals surface area contributed by atoms with Gasteiger partial charge >= 0.3 is 6.18 Å². The van der Waals surface area contributed by atoms with Crippen LogP contribution in [0.25, 0.3) is 10.9 Å². The maximum Gasteiger partial charge on any atom is 0.408 e. The predicted molar refractivity (Wildman–Crippen MR) is 109 cm³/mol. The molecule has 0 bridgehead atoms. The maximum absolute atomic E-state index is 14.8. The second-order valence-electron chi connectivity index (χ2n) is 9.00. The first-order chi connectivity index (χ1) is 12.5. The molecule has 0 fully saturated rings. The standard InChI is InChI=1S/C19H25BrF4N2OS/c1-17(2,3)10-26-9-12(11-7-8-13(20)14(21)15(11)26)16(19(22,23)24)25-28(27)18(4,5)6/h7-9,16,25H,10H2,1-6H3/t16-,28-/m0/s1. The van der Waals surface area contributed by atoms with E-state index in [0.717, 1.165) is 0 Å². The lowest BCUT2D eigenvalue weighted by Crippen LogP contribution is -2.41. The van der Waals surface area contributed by atoms with Gasteiger partial charge in [0.25, 0.3) is 0 Å². The fourth-order valence-electron chi connectivity index (χ4n) is 2.81. The fraction of sp³-hybridized carbons (Fsp3) is 0.579. The molecule has 1 aromatic heterocycles. The van der Waals surface area contributed by atoms with Crippen LogP contribution >= 0.6 is 15.9 Å². The van der Waals surface area contributed by atoms with Crippen LogP contribution in [-0.4, -0.2) is 19.7 Å². The Hall–Kier alpha value is -0.930. The third kappa shape index (κ3) is 5.16. The van der Waals surface area contributed by atoms with Crippen molar-refractivity contribution < 1.29 is 21.8 Å². The zero-order valence-electron chi connectivity index (χ0n) is 16.7. The van der Waals surface area contributed by atoms with Gasteiger partial charge in [0.1, 0.15) is 6.04 Å². The minimum atomic E-state index is -4.70. The van der Waals surface area contributed by atoms with Crippen molar-refractivity contribution in [1.29, 1.82) is 0 Å². The zero-order chi connectivity index (χ0) is 21.7. The number of rotatable bonds is 4. The van der Waals surface area contributed by atoms with E-state index in [0.29, 0.717) is 6.54 Å². The van der Waals surface area contributed by atoms with Gasteiger partial charge in [-0.1, -0.05) is 26.8 Å². The van der Waals surface area contributed by atoms with Crippen molar-refractivity contribution >= 4 is 37.8 Å². The van der Waals surface area contributed by atoms with Gasteiger partial charge in [-0.05, 0) is 48.2 Å². The van der Waals surface area contributed by atoms with Gasteiger partial charge in [-0.25, -0.2) is 13.3 Å². The lowest BCUT2D eigenvalue weighted by Gasteiger charge is -2.26. The zero-order valence-corrected chi connectivity index (χ0v) is 19.1. The summed E-state index contributed by atoms with van der Waals surface area (Å²) >= 11 is 3.11. The van der Waals surface area contributed by atoms with Crippen LogP contribution in [0.15, 0.2) is 22.8 Å². The molecule has 9 heteroatoms. The van der Waals surface area contributed by atoms with E-state index in [1.54, 1.807) is 20.8 Å². The molecule has 0 saturated carbocycles. The lowest BCUT2D eigenvalue weighted by molar-refractivity contribution is -0.152. The Bertz CT molecular complexity index is 894. The van der Waals surface area contributed by atoms with E-state index in [4.69, 9.17) is 0 Å². The van der Waals surface area contributed by atoms with Gasteiger partial charge < -0.3 is 4.57 Å². The molecule has 2 atom stereocenters. The molecule has 0 amide bonds. The summed E-state index contributed by atoms with van der Waals surface area (Å²) in [5.74, 6) is -0.620. The van der Waals surface area contributed by atoms with Gasteiger partial charge in [0.05, 0.1) is 25.7 Å². The number of hydrogen-bond acceptors (Lipinski definition) is 1. The average Bonchev–Trinajstić information content (AvgIpc) is 2.82. The van der Waals surface area contributed by atoms with E-state index in [-0.39, 0.29) is 26.4 Å². The van der Waals surface area contributed by atoms with Gasteiger partial charge in [-0.3, -0.25) is 0 Å². The van der Waals surface area contributed by atoms with Crippen LogP contribution in [0, 0.1) is 11.2 Å². The first-order valence-electron chi connectivity index (χ1n) is 8.74. The SMILES string of the molecule is CC(C)(C)Cn1cc([C@H](N[S@@](=O)C(C)(C)C)C(F)(F)F)c2ccc(Br)c(F)c21. The number of halogens is 5. The van der Waals surface area contributed by atoms with E-state index >= 15 is 0 Å². The second kappa shape index (κ2) is 7.72. The number of nitrogens with one attached hydrogen (secondary N) is 1. The van der Waals surface area contributed by atoms with Gasteiger partial charge in [0.2, 0.25) is 0 Å². The van der Waals surface area contributed by atoms with E-state index in [2.05, 4.69) is 20.7 Å². The summed E-state index contributed by atoms with van der Waals surface area (Å²) in [5.41, 5.74) is -0.333. The second-order valence-corrected chi connectivity index (χ2v) is 11.9. The molecule has 0 saturated heterocycles. The predicted octanol–water partition coefficient (Wildman–Crippen LogP) is 6.24. The van der Waals surface area contributed by atoms with Crippen LogP contribution in [0.1, 0.15) is 53.1 Å². The summed E-state index contributed by atoms with van der Waals surface area (Å²) in [7, 11) is -1.96. The Morgan fingerprint density at radius 2 is 1.71 bits per heavy atom. The molecule has 1 N–H and O–H groups in total. The Balaban J connectivity index is 2.72. The van der Waals surface area contributed by atoms with Crippen LogP contribution in [0.3, 0.4) is 0 Å². The highest BCUT2D eigenvalue weighted by molar-refractivity contribution is 9.10. The first kappa shape index (κ1) is 23.3. The molecule has 3 nitrogen and oxygen atoms in total. The van der Waals surface area contributed by atoms with Crippen molar-refractivity contribution in [2.24, 2.45) is 5.41 Å². The molecule has 0 aliphatic rings. The van der Waals surface area contributed by atoms with E-state index in [1.807, 2.05) is 20.8 Å². The van der Waals surface area contributed by atoms with Crippen LogP contribution in [0.4, 0.5) is 17.6 Å². The summed E-state index contributed by atoms with van der Waals surface area (Å²) in [6, 6.07) is 0.658. The number of nitrogens with zero attached hydrogens (tertiary/aromatic N) is 1. The molecule has 1 aromatic carbocycles. The van der Waals surface area contributed by atoms with Gasteiger partial charge in [0, 0.05) is 23.7 Å². The average molecular weight is 485 g/mol. The van der Waals surface area contributed by atoms with E-state index in [9.17, 15) is 21.8 Å². The number of aromatic nitrogens is 1. The van der Waals surface area contributed by atoms with E-state index in [1.165, 1.54) is 22.9 Å². The monoisotopic (exact) mass is 484 g/mol. The first-order valence-corrected chi connectivity index (χ1v) is 10.7. The van der Waals surface area contributed by atoms with Crippen LogP contribution in [-0.2, 0) is 17.5 Å². The highest BCUT2D eigenvalue weighted by Gasteiger charge is 2.44. The molecule has 0 aliphatic heterocycles. The Kier molecular flexibility index (Phi) is 6.44. The highest BCUT2D eigenvalue weighted by Crippen LogP contribution is 2.40. The van der Waals surface area contributed by atoms with Gasteiger partial charge in [0.15, 0.2) is 5.82 Å². The third-order valence-electron chi connectivity index (χ3n) is 4.03. The summed E-state index contributed by atoms with van der Waals surface area (Å²) in [6.45, 7) is 10.8. The molecule has 0 radical (unpaired) electrons. The molecule has 1 heterocycles. The summed E-state index contributed by atoms with van der Waals surface area (Å²) in [5, 5.41) is 0.144. The Labute approximate surface area is 173 Å². The largest absolute Gasteiger partial charge is 0.408 e. The third-order valence-corrected chi connectivity index (χ3v) is 6.20. The number of benzene rings is 1. The van der Waals surface area contributed by atoms with Crippen molar-refractivity contribution in [2.75, 3.05) is 0 Å². The Morgan fingerprint density at radius 1 is 1.14 bits per heavy atom. The van der Waals surface area contributed by atoms with Gasteiger partial charge in [-0.15, -0.1) is 0 Å². The molecule has 28 heavy (non-hydrogen) atoms. The summed E-state index contributed by atoms with van der Waals surface area (Å²) < 4.78 is 71.9. The molecule has 2 aromatic rings. The maximum atomic E-state index is 14.8. The quantitative estimate of drug-likeness (QED) is 0.511. The molecule has 0 spiro atoms. The van der Waals surface area contributed by atoms with Crippen molar-refractivity contribution in [3.05, 3.63) is 34.2 Å². The minimum Gasteiger partial charge on any atom is -0.344 e. The molecular weight excluding hydrogens is 460 g/mol. The Morgan fingerprint density at radius 3 is 2.18 bits per heavy atom. The van der Waals surface area contributed by atoms with Crippen LogP contribution in [0.2, 0.25) is 0 Å². The van der Waals surface area contributed by atoms with Crippen LogP contribution in [0.5, 0.6) is 0 Å². The van der Waals surface area contributed by atoms with Crippen molar-refractivity contribution in [2.45, 2.75) is 65.1 Å². The highest BCUT2D eigenvalue weighted by atomic mass is 79.9. The van der Waals surface area contributed by atoms with Crippen molar-refractivity contribution in [3.8, 4) is 0 Å². The number of alkyl halides is 3. The van der Waals surface area contributed by atoms with E-state index < -0.39 is 33.8 Å². The van der Waals surface area contributed by atoms with Crippen molar-refractivity contribution in [3.63, 3.8) is 0 Å². The van der Waals surface area contributed by atoms with Gasteiger partial charge in [-0.2, -0.15) is 13.2 Å². The number of fused-ring (bicyclic) bond motifs is 1. The molecule has 2 rings (SSSR count). The summed E-state index contributed by atoms with van der Waals surface area (Å²) in [6.07, 6.45) is -3.39. The minimum absolute atomic E-state index is 0.0943. The lowest BCUT2D eigenvalue weighted by atomic mass is 9.97. The fourth-order valence-corrected chi connectivity index (χ4v) is 3.96. The van der Waals surface area contributed by atoms with Crippen LogP contribution < -0.4 is 4.72 Å². The smallest absolute Gasteiger partial charge is 0.344 e. The normalized spacial score (nSPS) is 15.8. The molecular formula is C19H25BrF4N2OS. The topological polar surface area (TPSA) is 34.0 Å². The number of hydrogen-bond donors (Lipinski definition) is 1. The van der Waals surface area contributed by atoms with Crippen molar-refractivity contribution in [1.82, 2.24) is 9.29 Å².